The molecule has 1 aromatic rings. The molecule has 0 saturated heterocycles. The van der Waals surface area contributed by atoms with E-state index in [-0.39, 0.29) is 0 Å². The second kappa shape index (κ2) is 10.7. The molecule has 0 radical (unpaired) electrons. The predicted molar refractivity (Wildman–Crippen MR) is 83.6 cm³/mol. The van der Waals surface area contributed by atoms with E-state index in [9.17, 15) is 0 Å². The summed E-state index contributed by atoms with van der Waals surface area (Å²) in [6.45, 7) is 3.07. The highest BCUT2D eigenvalue weighted by Crippen LogP contribution is 2.15. The van der Waals surface area contributed by atoms with Crippen LogP contribution in [0.4, 0.5) is 5.69 Å². The molecule has 0 aliphatic heterocycles. The zero-order valence-corrected chi connectivity index (χ0v) is 12.4. The molecule has 0 spiro atoms. The highest BCUT2D eigenvalue weighted by molar-refractivity contribution is 5.43. The molecular formula is C17H29NO. The minimum atomic E-state index is 0.768. The van der Waals surface area contributed by atoms with Gasteiger partial charge in [-0.1, -0.05) is 64.4 Å². The normalized spacial score (nSPS) is 10.6. The number of hydrogen-bond donors (Lipinski definition) is 1. The van der Waals surface area contributed by atoms with E-state index in [4.69, 9.17) is 10.5 Å². The number of ether oxygens (including phenoxy) is 1. The van der Waals surface area contributed by atoms with Crippen LogP contribution >= 0.6 is 0 Å². The summed E-state index contributed by atoms with van der Waals surface area (Å²) < 4.78 is 5.67. The quantitative estimate of drug-likeness (QED) is 0.441. The summed E-state index contributed by atoms with van der Waals surface area (Å²) in [4.78, 5) is 0. The molecule has 0 aliphatic rings. The van der Waals surface area contributed by atoms with E-state index in [0.29, 0.717) is 0 Å². The van der Waals surface area contributed by atoms with Crippen molar-refractivity contribution in [1.29, 1.82) is 0 Å². The SMILES string of the molecule is CCCCCCCCCCCOc1cccc(N)c1. The topological polar surface area (TPSA) is 35.2 Å². The highest BCUT2D eigenvalue weighted by Gasteiger charge is 1.95. The van der Waals surface area contributed by atoms with Crippen molar-refractivity contribution in [2.24, 2.45) is 0 Å². The Bertz CT molecular complexity index is 325. The summed E-state index contributed by atoms with van der Waals surface area (Å²) in [7, 11) is 0. The molecule has 108 valence electrons. The van der Waals surface area contributed by atoms with Crippen LogP contribution in [0.1, 0.15) is 64.7 Å². The number of unbranched alkanes of at least 4 members (excludes halogenated alkanes) is 8. The summed E-state index contributed by atoms with van der Waals surface area (Å²) in [6.07, 6.45) is 12.1. The van der Waals surface area contributed by atoms with Crippen LogP contribution in [0.15, 0.2) is 24.3 Å². The maximum absolute atomic E-state index is 5.70. The first-order valence-corrected chi connectivity index (χ1v) is 7.81. The number of rotatable bonds is 11. The molecule has 0 unspecified atom stereocenters. The first-order chi connectivity index (χ1) is 9.33. The fourth-order valence-electron chi connectivity index (χ4n) is 2.21. The van der Waals surface area contributed by atoms with Gasteiger partial charge in [0, 0.05) is 11.8 Å². The smallest absolute Gasteiger partial charge is 0.121 e. The Kier molecular flexibility index (Phi) is 8.95. The molecule has 0 atom stereocenters. The molecule has 0 fully saturated rings. The van der Waals surface area contributed by atoms with Gasteiger partial charge in [-0.2, -0.15) is 0 Å². The van der Waals surface area contributed by atoms with Gasteiger partial charge < -0.3 is 10.5 Å². The zero-order valence-electron chi connectivity index (χ0n) is 12.4. The first kappa shape index (κ1) is 15.9. The van der Waals surface area contributed by atoms with Gasteiger partial charge in [0.05, 0.1) is 6.61 Å². The molecule has 0 bridgehead atoms. The molecule has 2 nitrogen and oxygen atoms in total. The minimum Gasteiger partial charge on any atom is -0.494 e. The van der Waals surface area contributed by atoms with Crippen LogP contribution in [0.25, 0.3) is 0 Å². The van der Waals surface area contributed by atoms with E-state index in [0.717, 1.165) is 24.5 Å². The van der Waals surface area contributed by atoms with E-state index >= 15 is 0 Å². The maximum Gasteiger partial charge on any atom is 0.121 e. The zero-order chi connectivity index (χ0) is 13.8. The fourth-order valence-corrected chi connectivity index (χ4v) is 2.21. The van der Waals surface area contributed by atoms with Gasteiger partial charge in [-0.05, 0) is 18.6 Å². The Morgan fingerprint density at radius 2 is 1.53 bits per heavy atom. The predicted octanol–water partition coefficient (Wildman–Crippen LogP) is 5.18. The number of hydrogen-bond acceptors (Lipinski definition) is 2. The molecule has 0 heterocycles. The van der Waals surface area contributed by atoms with Crippen LogP contribution in [0.2, 0.25) is 0 Å². The molecule has 1 rings (SSSR count). The van der Waals surface area contributed by atoms with E-state index < -0.39 is 0 Å². The summed E-state index contributed by atoms with van der Waals surface area (Å²) in [6, 6.07) is 7.66. The van der Waals surface area contributed by atoms with Crippen molar-refractivity contribution < 1.29 is 4.74 Å². The Hall–Kier alpha value is -1.18. The second-order valence-electron chi connectivity index (χ2n) is 5.25. The van der Waals surface area contributed by atoms with E-state index in [1.807, 2.05) is 24.3 Å². The Balaban J connectivity index is 1.89. The van der Waals surface area contributed by atoms with Gasteiger partial charge in [0.2, 0.25) is 0 Å². The lowest BCUT2D eigenvalue weighted by atomic mass is 10.1. The standard InChI is InChI=1S/C17H29NO/c1-2-3-4-5-6-7-8-9-10-14-19-17-13-11-12-16(18)15-17/h11-13,15H,2-10,14,18H2,1H3. The van der Waals surface area contributed by atoms with Crippen molar-refractivity contribution in [2.75, 3.05) is 12.3 Å². The average molecular weight is 263 g/mol. The average Bonchev–Trinajstić information content (AvgIpc) is 2.41. The molecule has 19 heavy (non-hydrogen) atoms. The third-order valence-electron chi connectivity index (χ3n) is 3.37. The van der Waals surface area contributed by atoms with Crippen molar-refractivity contribution in [3.63, 3.8) is 0 Å². The van der Waals surface area contributed by atoms with Crippen LogP contribution in [-0.2, 0) is 0 Å². The highest BCUT2D eigenvalue weighted by atomic mass is 16.5. The van der Waals surface area contributed by atoms with Crippen LogP contribution in [-0.4, -0.2) is 6.61 Å². The van der Waals surface area contributed by atoms with Gasteiger partial charge >= 0.3 is 0 Å². The molecule has 0 saturated carbocycles. The number of nitrogens with two attached hydrogens (primary N) is 1. The molecule has 0 amide bonds. The summed E-state index contributed by atoms with van der Waals surface area (Å²) in [5.41, 5.74) is 6.47. The Morgan fingerprint density at radius 3 is 2.16 bits per heavy atom. The van der Waals surface area contributed by atoms with Gasteiger partial charge in [0.25, 0.3) is 0 Å². The van der Waals surface area contributed by atoms with E-state index in [1.165, 1.54) is 51.4 Å². The third-order valence-corrected chi connectivity index (χ3v) is 3.37. The number of anilines is 1. The van der Waals surface area contributed by atoms with Gasteiger partial charge in [-0.15, -0.1) is 0 Å². The molecule has 1 aromatic carbocycles. The van der Waals surface area contributed by atoms with Crippen LogP contribution in [0.3, 0.4) is 0 Å². The van der Waals surface area contributed by atoms with Crippen LogP contribution < -0.4 is 10.5 Å². The van der Waals surface area contributed by atoms with Crippen molar-refractivity contribution in [3.8, 4) is 5.75 Å². The summed E-state index contributed by atoms with van der Waals surface area (Å²) >= 11 is 0. The van der Waals surface area contributed by atoms with Crippen molar-refractivity contribution >= 4 is 5.69 Å². The second-order valence-corrected chi connectivity index (χ2v) is 5.25. The summed E-state index contributed by atoms with van der Waals surface area (Å²) in [5.74, 6) is 0.888. The van der Waals surface area contributed by atoms with Gasteiger partial charge in [-0.3, -0.25) is 0 Å². The van der Waals surface area contributed by atoms with Crippen molar-refractivity contribution in [3.05, 3.63) is 24.3 Å². The lowest BCUT2D eigenvalue weighted by molar-refractivity contribution is 0.304. The largest absolute Gasteiger partial charge is 0.494 e. The number of benzene rings is 1. The van der Waals surface area contributed by atoms with E-state index in [1.54, 1.807) is 0 Å². The van der Waals surface area contributed by atoms with Crippen molar-refractivity contribution in [2.45, 2.75) is 64.7 Å². The molecular weight excluding hydrogens is 234 g/mol. The fraction of sp³-hybridized carbons (Fsp3) is 0.647. The lowest BCUT2D eigenvalue weighted by Gasteiger charge is -2.06. The molecule has 2 heteroatoms. The van der Waals surface area contributed by atoms with Gasteiger partial charge in [0.1, 0.15) is 5.75 Å². The molecule has 2 N–H and O–H groups in total. The van der Waals surface area contributed by atoms with E-state index in [2.05, 4.69) is 6.92 Å². The molecule has 0 aliphatic carbocycles. The number of nitrogen functional groups attached to an aromatic ring is 1. The van der Waals surface area contributed by atoms with Crippen LogP contribution in [0, 0.1) is 0 Å². The lowest BCUT2D eigenvalue weighted by Crippen LogP contribution is -1.97. The Labute approximate surface area is 118 Å². The maximum atomic E-state index is 5.70. The van der Waals surface area contributed by atoms with Gasteiger partial charge in [0.15, 0.2) is 0 Å². The van der Waals surface area contributed by atoms with Crippen LogP contribution in [0.5, 0.6) is 5.75 Å². The first-order valence-electron chi connectivity index (χ1n) is 7.81. The van der Waals surface area contributed by atoms with Crippen molar-refractivity contribution in [1.82, 2.24) is 0 Å². The minimum absolute atomic E-state index is 0.768. The third kappa shape index (κ3) is 8.52. The Morgan fingerprint density at radius 1 is 0.895 bits per heavy atom. The van der Waals surface area contributed by atoms with Gasteiger partial charge in [-0.25, -0.2) is 0 Å². The molecule has 0 aromatic heterocycles. The monoisotopic (exact) mass is 263 g/mol. The summed E-state index contributed by atoms with van der Waals surface area (Å²) in [5, 5.41) is 0.